The maximum atomic E-state index is 15.1. The maximum absolute atomic E-state index is 15.1. The molecule has 1 unspecified atom stereocenters. The molecule has 5 rings (SSSR count). The summed E-state index contributed by atoms with van der Waals surface area (Å²) in [5, 5.41) is 13.5. The molecule has 1 aromatic heterocycles. The fourth-order valence-corrected chi connectivity index (χ4v) is 6.09. The highest BCUT2D eigenvalue weighted by atomic mass is 32.2. The number of aromatic nitrogens is 2. The Morgan fingerprint density at radius 2 is 2.06 bits per heavy atom. The van der Waals surface area contributed by atoms with Crippen molar-refractivity contribution in [3.8, 4) is 0 Å². The van der Waals surface area contributed by atoms with Crippen LogP contribution in [0, 0.1) is 12.7 Å². The topological polar surface area (TPSA) is 112 Å². The molecule has 3 aliphatic rings. The Labute approximate surface area is 196 Å². The summed E-state index contributed by atoms with van der Waals surface area (Å²) in [5.41, 5.74) is 2.35. The van der Waals surface area contributed by atoms with Crippen molar-refractivity contribution in [2.45, 2.75) is 57.5 Å². The lowest BCUT2D eigenvalue weighted by Crippen LogP contribution is -2.55. The fraction of sp³-hybridized carbons (Fsp3) is 0.591. The number of nitrogens with zero attached hydrogens (tertiary/aromatic N) is 5. The minimum Gasteiger partial charge on any atom is -0.390 e. The first kappa shape index (κ1) is 23.3. The molecule has 34 heavy (non-hydrogen) atoms. The number of rotatable bonds is 3. The van der Waals surface area contributed by atoms with Gasteiger partial charge in [0.2, 0.25) is 16.0 Å². The van der Waals surface area contributed by atoms with Crippen LogP contribution in [0.4, 0.5) is 8.78 Å². The van der Waals surface area contributed by atoms with Crippen molar-refractivity contribution in [3.63, 3.8) is 0 Å². The summed E-state index contributed by atoms with van der Waals surface area (Å²) in [6, 6.07) is 0.998. The minimum absolute atomic E-state index is 0.0420. The summed E-state index contributed by atoms with van der Waals surface area (Å²) in [5.74, 6) is 0.364. The van der Waals surface area contributed by atoms with Gasteiger partial charge in [-0.15, -0.1) is 0 Å². The number of aliphatic hydroxyl groups excluding tert-OH is 1. The number of aryl methyl sites for hydroxylation is 2. The highest BCUT2D eigenvalue weighted by Crippen LogP contribution is 2.36. The Morgan fingerprint density at radius 3 is 2.76 bits per heavy atom. The third-order valence-electron chi connectivity index (χ3n) is 6.98. The van der Waals surface area contributed by atoms with Gasteiger partial charge in [0.1, 0.15) is 11.3 Å². The van der Waals surface area contributed by atoms with Crippen LogP contribution in [0.5, 0.6) is 0 Å². The second-order valence-corrected chi connectivity index (χ2v) is 11.3. The van der Waals surface area contributed by atoms with E-state index in [1.807, 2.05) is 11.5 Å². The zero-order valence-corrected chi connectivity index (χ0v) is 20.1. The lowest BCUT2D eigenvalue weighted by molar-refractivity contribution is 0.0801. The van der Waals surface area contributed by atoms with E-state index >= 15 is 8.78 Å². The Morgan fingerprint density at radius 1 is 1.29 bits per heavy atom. The van der Waals surface area contributed by atoms with E-state index in [-0.39, 0.29) is 37.3 Å². The summed E-state index contributed by atoms with van der Waals surface area (Å²) in [6.07, 6.45) is 0.473. The van der Waals surface area contributed by atoms with Gasteiger partial charge in [-0.1, -0.05) is 0 Å². The van der Waals surface area contributed by atoms with Crippen LogP contribution in [-0.2, 0) is 16.4 Å². The first-order chi connectivity index (χ1) is 16.0. The van der Waals surface area contributed by atoms with Crippen LogP contribution < -0.4 is 5.32 Å². The van der Waals surface area contributed by atoms with E-state index in [9.17, 15) is 13.5 Å². The van der Waals surface area contributed by atoms with Gasteiger partial charge in [-0.25, -0.2) is 32.2 Å². The van der Waals surface area contributed by atoms with Gasteiger partial charge in [-0.3, -0.25) is 0 Å². The largest absolute Gasteiger partial charge is 0.390 e. The predicted octanol–water partition coefficient (Wildman–Crippen LogP) is 1.47. The molecule has 2 aromatic rings. The van der Waals surface area contributed by atoms with Crippen molar-refractivity contribution < 1.29 is 22.3 Å². The van der Waals surface area contributed by atoms with E-state index in [1.165, 1.54) is 10.4 Å². The number of aliphatic imine (C=N–C) groups is 2. The highest BCUT2D eigenvalue weighted by molar-refractivity contribution is 7.88. The lowest BCUT2D eigenvalue weighted by Gasteiger charge is -2.35. The standard InChI is InChI=1S/C22H28F2N6O3S/c1-11-4-5-13-14(8-15(23)20-21(13)30(11)12(2)26-20)19-16(24)9-25-22(28-19)27-17-6-7-29(10-18(17)31)34(3,32)33/h8,11,16-18,31H,4-7,9-10H2,1-3H3,(H,25,27)/t11-,16?,17-,18-/m1/s1. The smallest absolute Gasteiger partial charge is 0.218 e. The summed E-state index contributed by atoms with van der Waals surface area (Å²) in [6.45, 7) is 3.94. The molecule has 4 atom stereocenters. The van der Waals surface area contributed by atoms with Gasteiger partial charge in [0.05, 0.1) is 36.2 Å². The molecule has 1 saturated heterocycles. The molecule has 4 heterocycles. The average molecular weight is 495 g/mol. The number of hydrogen-bond donors (Lipinski definition) is 2. The third-order valence-corrected chi connectivity index (χ3v) is 8.25. The molecule has 0 radical (unpaired) electrons. The van der Waals surface area contributed by atoms with Gasteiger partial charge in [0, 0.05) is 24.7 Å². The van der Waals surface area contributed by atoms with Crippen molar-refractivity contribution in [3.05, 3.63) is 28.8 Å². The van der Waals surface area contributed by atoms with Crippen molar-refractivity contribution in [2.24, 2.45) is 9.98 Å². The van der Waals surface area contributed by atoms with E-state index in [1.54, 1.807) is 0 Å². The molecule has 184 valence electrons. The molecular formula is C22H28F2N6O3S. The van der Waals surface area contributed by atoms with E-state index < -0.39 is 34.2 Å². The number of imidazole rings is 1. The number of hydrogen-bond acceptors (Lipinski definition) is 7. The molecule has 0 amide bonds. The number of piperidine rings is 1. The van der Waals surface area contributed by atoms with E-state index in [0.717, 1.165) is 24.1 Å². The van der Waals surface area contributed by atoms with E-state index in [4.69, 9.17) is 0 Å². The minimum atomic E-state index is -3.40. The number of alkyl halides is 1. The first-order valence-corrected chi connectivity index (χ1v) is 13.3. The van der Waals surface area contributed by atoms with Crippen LogP contribution >= 0.6 is 0 Å². The average Bonchev–Trinajstić information content (AvgIpc) is 3.13. The van der Waals surface area contributed by atoms with Crippen molar-refractivity contribution in [1.29, 1.82) is 0 Å². The third kappa shape index (κ3) is 3.91. The van der Waals surface area contributed by atoms with Gasteiger partial charge < -0.3 is 15.0 Å². The number of nitrogens with one attached hydrogen (secondary N) is 1. The Balaban J connectivity index is 1.47. The number of aliphatic hydroxyl groups is 1. The fourth-order valence-electron chi connectivity index (χ4n) is 5.23. The van der Waals surface area contributed by atoms with Crippen LogP contribution in [0.2, 0.25) is 0 Å². The summed E-state index contributed by atoms with van der Waals surface area (Å²) < 4.78 is 56.9. The second-order valence-electron chi connectivity index (χ2n) is 9.36. The summed E-state index contributed by atoms with van der Waals surface area (Å²) >= 11 is 0. The highest BCUT2D eigenvalue weighted by Gasteiger charge is 2.34. The van der Waals surface area contributed by atoms with Crippen LogP contribution in [0.25, 0.3) is 11.0 Å². The monoisotopic (exact) mass is 494 g/mol. The zero-order chi connectivity index (χ0) is 24.4. The maximum Gasteiger partial charge on any atom is 0.218 e. The molecule has 2 N–H and O–H groups in total. The van der Waals surface area contributed by atoms with Crippen molar-refractivity contribution >= 4 is 32.7 Å². The van der Waals surface area contributed by atoms with Gasteiger partial charge in [-0.05, 0) is 44.7 Å². The molecule has 1 fully saturated rings. The number of β-amino-alcohol motifs (C(OH)–C–C–N with tert-alkyl or cyclic N) is 1. The molecule has 3 aliphatic heterocycles. The molecule has 12 heteroatoms. The second kappa shape index (κ2) is 8.35. The quantitative estimate of drug-likeness (QED) is 0.671. The van der Waals surface area contributed by atoms with Crippen LogP contribution in [0.1, 0.15) is 42.8 Å². The predicted molar refractivity (Wildman–Crippen MR) is 125 cm³/mol. The Hall–Kier alpha value is -2.44. The van der Waals surface area contributed by atoms with Crippen LogP contribution in [0.15, 0.2) is 16.1 Å². The summed E-state index contributed by atoms with van der Waals surface area (Å²) in [4.78, 5) is 13.0. The van der Waals surface area contributed by atoms with Gasteiger partial charge in [-0.2, -0.15) is 4.31 Å². The first-order valence-electron chi connectivity index (χ1n) is 11.4. The Bertz CT molecular complexity index is 1320. The summed E-state index contributed by atoms with van der Waals surface area (Å²) in [7, 11) is -3.40. The van der Waals surface area contributed by atoms with Crippen LogP contribution in [-0.4, -0.2) is 83.3 Å². The van der Waals surface area contributed by atoms with E-state index in [0.29, 0.717) is 29.4 Å². The molecule has 0 spiro atoms. The lowest BCUT2D eigenvalue weighted by atomic mass is 9.91. The van der Waals surface area contributed by atoms with Gasteiger partial charge >= 0.3 is 0 Å². The molecule has 9 nitrogen and oxygen atoms in total. The number of benzene rings is 1. The van der Waals surface area contributed by atoms with Gasteiger partial charge in [0.15, 0.2) is 12.0 Å². The number of guanidine groups is 1. The Kier molecular flexibility index (Phi) is 5.72. The van der Waals surface area contributed by atoms with Crippen molar-refractivity contribution in [2.75, 3.05) is 25.9 Å². The molecule has 0 aliphatic carbocycles. The number of sulfonamides is 1. The molecule has 0 bridgehead atoms. The molecule has 0 saturated carbocycles. The van der Waals surface area contributed by atoms with Crippen molar-refractivity contribution in [1.82, 2.24) is 19.2 Å². The molecule has 1 aromatic carbocycles. The van der Waals surface area contributed by atoms with Gasteiger partial charge in [0.25, 0.3) is 0 Å². The normalized spacial score (nSPS) is 28.1. The van der Waals surface area contributed by atoms with E-state index in [2.05, 4.69) is 27.2 Å². The zero-order valence-electron chi connectivity index (χ0n) is 19.3. The van der Waals surface area contributed by atoms with Crippen LogP contribution in [0.3, 0.4) is 0 Å². The molecular weight excluding hydrogens is 466 g/mol. The number of halogens is 2. The SMILES string of the molecule is Cc1nc2c(F)cc(C3=NC(N[C@@H]4CCN(S(C)(=O)=O)C[C@H]4O)=NCC3F)c3c2n1[C@H](C)CC3.